The first-order valence-corrected chi connectivity index (χ1v) is 9.17. The second kappa shape index (κ2) is 8.14. The molecule has 1 heterocycles. The highest BCUT2D eigenvalue weighted by atomic mass is 19.4. The van der Waals surface area contributed by atoms with Crippen molar-refractivity contribution in [1.29, 1.82) is 0 Å². The molecule has 1 atom stereocenters. The van der Waals surface area contributed by atoms with Crippen LogP contribution in [0.4, 0.5) is 23.7 Å². The van der Waals surface area contributed by atoms with Gasteiger partial charge in [-0.15, -0.1) is 0 Å². The third kappa shape index (κ3) is 4.70. The Hall–Kier alpha value is -3.03. The predicted octanol–water partition coefficient (Wildman–Crippen LogP) is 4.84. The highest BCUT2D eigenvalue weighted by Crippen LogP contribution is 2.33. The standard InChI is InChI=1S/C21H21F3N2O3/c1-20(18(27)25-17-10-5-9-16(13-17)21(22,23)24)11-6-12-26(20)19(28)29-14-15-7-3-2-4-8-15/h2-5,7-10,13H,6,11-12,14H2,1H3,(H,25,27). The molecule has 1 fully saturated rings. The SMILES string of the molecule is CC1(C(=O)Nc2cccc(C(F)(F)F)c2)CCCN1C(=O)OCc1ccccc1. The van der Waals surface area contributed by atoms with Crippen LogP contribution in [0.25, 0.3) is 0 Å². The number of amides is 2. The fourth-order valence-corrected chi connectivity index (χ4v) is 3.33. The highest BCUT2D eigenvalue weighted by Gasteiger charge is 2.46. The zero-order valence-electron chi connectivity index (χ0n) is 15.8. The summed E-state index contributed by atoms with van der Waals surface area (Å²) in [5.74, 6) is -0.550. The van der Waals surface area contributed by atoms with Gasteiger partial charge < -0.3 is 10.1 Å². The minimum Gasteiger partial charge on any atom is -0.445 e. The zero-order chi connectivity index (χ0) is 21.1. The Morgan fingerprint density at radius 3 is 2.55 bits per heavy atom. The van der Waals surface area contributed by atoms with Crippen LogP contribution >= 0.6 is 0 Å². The molecule has 0 aliphatic carbocycles. The minimum atomic E-state index is -4.51. The molecule has 0 aromatic heterocycles. The van der Waals surface area contributed by atoms with Crippen LogP contribution in [0.15, 0.2) is 54.6 Å². The third-order valence-corrected chi connectivity index (χ3v) is 5.00. The molecule has 0 bridgehead atoms. The van der Waals surface area contributed by atoms with E-state index < -0.39 is 29.3 Å². The number of hydrogen-bond acceptors (Lipinski definition) is 3. The monoisotopic (exact) mass is 406 g/mol. The van der Waals surface area contributed by atoms with Gasteiger partial charge in [0.05, 0.1) is 5.56 Å². The van der Waals surface area contributed by atoms with Gasteiger partial charge in [-0.3, -0.25) is 9.69 Å². The number of carbonyl (C=O) groups excluding carboxylic acids is 2. The van der Waals surface area contributed by atoms with Gasteiger partial charge in [-0.05, 0) is 43.5 Å². The average molecular weight is 406 g/mol. The summed E-state index contributed by atoms with van der Waals surface area (Å²) in [6.07, 6.45) is -4.16. The van der Waals surface area contributed by atoms with Gasteiger partial charge in [0.15, 0.2) is 0 Å². The van der Waals surface area contributed by atoms with Crippen LogP contribution in [0.5, 0.6) is 0 Å². The molecule has 2 aromatic rings. The minimum absolute atomic E-state index is 0.0237. The normalized spacial score (nSPS) is 19.1. The van der Waals surface area contributed by atoms with Gasteiger partial charge >= 0.3 is 12.3 Å². The van der Waals surface area contributed by atoms with Crippen molar-refractivity contribution in [3.8, 4) is 0 Å². The molecule has 5 nitrogen and oxygen atoms in total. The van der Waals surface area contributed by atoms with Crippen LogP contribution in [0, 0.1) is 0 Å². The largest absolute Gasteiger partial charge is 0.445 e. The first-order valence-electron chi connectivity index (χ1n) is 9.17. The van der Waals surface area contributed by atoms with E-state index in [1.165, 1.54) is 17.0 Å². The number of benzene rings is 2. The highest BCUT2D eigenvalue weighted by molar-refractivity contribution is 6.00. The van der Waals surface area contributed by atoms with Gasteiger partial charge in [-0.1, -0.05) is 36.4 Å². The fraction of sp³-hybridized carbons (Fsp3) is 0.333. The van der Waals surface area contributed by atoms with E-state index in [1.807, 2.05) is 30.3 Å². The molecule has 2 amide bonds. The van der Waals surface area contributed by atoms with Crippen LogP contribution in [0.3, 0.4) is 0 Å². The Morgan fingerprint density at radius 1 is 1.14 bits per heavy atom. The number of alkyl halides is 3. The van der Waals surface area contributed by atoms with Gasteiger partial charge in [0.2, 0.25) is 5.91 Å². The molecular weight excluding hydrogens is 385 g/mol. The van der Waals surface area contributed by atoms with Crippen molar-refractivity contribution in [2.24, 2.45) is 0 Å². The fourth-order valence-electron chi connectivity index (χ4n) is 3.33. The summed E-state index contributed by atoms with van der Waals surface area (Å²) in [6.45, 7) is 1.99. The number of likely N-dealkylation sites (tertiary alicyclic amines) is 1. The maximum Gasteiger partial charge on any atom is 0.416 e. The molecule has 8 heteroatoms. The molecule has 1 N–H and O–H groups in total. The van der Waals surface area contributed by atoms with E-state index in [0.29, 0.717) is 19.4 Å². The van der Waals surface area contributed by atoms with Gasteiger partial charge in [-0.25, -0.2) is 4.79 Å². The maximum absolute atomic E-state index is 12.9. The van der Waals surface area contributed by atoms with Crippen molar-refractivity contribution in [2.75, 3.05) is 11.9 Å². The second-order valence-electron chi connectivity index (χ2n) is 7.10. The van der Waals surface area contributed by atoms with Gasteiger partial charge in [-0.2, -0.15) is 13.2 Å². The Kier molecular flexibility index (Phi) is 5.81. The summed E-state index contributed by atoms with van der Waals surface area (Å²) in [7, 11) is 0. The molecule has 29 heavy (non-hydrogen) atoms. The van der Waals surface area contributed by atoms with Crippen LogP contribution in [0.2, 0.25) is 0 Å². The number of halogens is 3. The van der Waals surface area contributed by atoms with Crippen molar-refractivity contribution in [3.05, 3.63) is 65.7 Å². The smallest absolute Gasteiger partial charge is 0.416 e. The van der Waals surface area contributed by atoms with Crippen LogP contribution in [-0.4, -0.2) is 29.0 Å². The Labute approximate surface area is 166 Å². The van der Waals surface area contributed by atoms with Gasteiger partial charge in [0.25, 0.3) is 0 Å². The number of rotatable bonds is 4. The second-order valence-corrected chi connectivity index (χ2v) is 7.10. The van der Waals surface area contributed by atoms with Crippen molar-refractivity contribution in [1.82, 2.24) is 4.90 Å². The van der Waals surface area contributed by atoms with Crippen molar-refractivity contribution >= 4 is 17.7 Å². The molecule has 1 aliphatic heterocycles. The predicted molar refractivity (Wildman–Crippen MR) is 101 cm³/mol. The molecule has 1 unspecified atom stereocenters. The van der Waals surface area contributed by atoms with Crippen LogP contribution < -0.4 is 5.32 Å². The zero-order valence-corrected chi connectivity index (χ0v) is 15.8. The van der Waals surface area contributed by atoms with Crippen molar-refractivity contribution in [2.45, 2.75) is 38.1 Å². The van der Waals surface area contributed by atoms with E-state index in [-0.39, 0.29) is 12.3 Å². The number of ether oxygens (including phenoxy) is 1. The summed E-state index contributed by atoms with van der Waals surface area (Å²) < 4.78 is 44.0. The lowest BCUT2D eigenvalue weighted by atomic mass is 9.97. The third-order valence-electron chi connectivity index (χ3n) is 5.00. The molecule has 0 radical (unpaired) electrons. The maximum atomic E-state index is 12.9. The summed E-state index contributed by atoms with van der Waals surface area (Å²) in [4.78, 5) is 26.7. The number of anilines is 1. The topological polar surface area (TPSA) is 58.6 Å². The molecule has 0 saturated carbocycles. The van der Waals surface area contributed by atoms with Gasteiger partial charge in [0.1, 0.15) is 12.1 Å². The van der Waals surface area contributed by atoms with E-state index in [9.17, 15) is 22.8 Å². The number of carbonyl (C=O) groups is 2. The van der Waals surface area contributed by atoms with Crippen molar-refractivity contribution < 1.29 is 27.5 Å². The Morgan fingerprint density at radius 2 is 1.86 bits per heavy atom. The quantitative estimate of drug-likeness (QED) is 0.791. The summed E-state index contributed by atoms with van der Waals surface area (Å²) in [5.41, 5.74) is -1.22. The summed E-state index contributed by atoms with van der Waals surface area (Å²) in [6, 6.07) is 13.5. The Balaban J connectivity index is 1.69. The molecule has 2 aromatic carbocycles. The lowest BCUT2D eigenvalue weighted by molar-refractivity contribution is -0.137. The molecule has 1 aliphatic rings. The first kappa shape index (κ1) is 20.7. The van der Waals surface area contributed by atoms with E-state index >= 15 is 0 Å². The molecule has 1 saturated heterocycles. The molecule has 0 spiro atoms. The Bertz CT molecular complexity index is 886. The van der Waals surface area contributed by atoms with E-state index in [1.54, 1.807) is 6.92 Å². The molecule has 3 rings (SSSR count). The average Bonchev–Trinajstić information content (AvgIpc) is 3.09. The van der Waals surface area contributed by atoms with E-state index in [4.69, 9.17) is 4.74 Å². The van der Waals surface area contributed by atoms with Crippen LogP contribution in [0.1, 0.15) is 30.9 Å². The first-order chi connectivity index (χ1) is 13.7. The number of nitrogens with one attached hydrogen (secondary N) is 1. The molecule has 154 valence electrons. The van der Waals surface area contributed by atoms with Gasteiger partial charge in [0, 0.05) is 12.2 Å². The summed E-state index contributed by atoms with van der Waals surface area (Å²) in [5, 5.41) is 2.51. The number of nitrogens with zero attached hydrogens (tertiary/aromatic N) is 1. The van der Waals surface area contributed by atoms with Crippen LogP contribution in [-0.2, 0) is 22.3 Å². The van der Waals surface area contributed by atoms with E-state index in [0.717, 1.165) is 17.7 Å². The lowest BCUT2D eigenvalue weighted by Crippen LogP contribution is -2.53. The molecular formula is C21H21F3N2O3. The summed E-state index contributed by atoms with van der Waals surface area (Å²) >= 11 is 0. The lowest BCUT2D eigenvalue weighted by Gasteiger charge is -2.33. The number of hydrogen-bond donors (Lipinski definition) is 1. The van der Waals surface area contributed by atoms with E-state index in [2.05, 4.69) is 5.32 Å². The van der Waals surface area contributed by atoms with Crippen molar-refractivity contribution in [3.63, 3.8) is 0 Å².